The normalized spacial score (nSPS) is 13.0. The molecule has 0 atom stereocenters. The van der Waals surface area contributed by atoms with Gasteiger partial charge in [-0.2, -0.15) is 5.26 Å². The molecular weight excluding hydrogens is 355 g/mol. The van der Waals surface area contributed by atoms with Crippen molar-refractivity contribution < 1.29 is 4.74 Å². The van der Waals surface area contributed by atoms with E-state index in [1.807, 2.05) is 24.3 Å². The van der Waals surface area contributed by atoms with Crippen LogP contribution >= 0.6 is 0 Å². The zero-order chi connectivity index (χ0) is 19.1. The lowest BCUT2D eigenvalue weighted by Gasteiger charge is -2.33. The Morgan fingerprint density at radius 2 is 1.59 bits per heavy atom. The van der Waals surface area contributed by atoms with Crippen LogP contribution in [0.25, 0.3) is 27.5 Å². The van der Waals surface area contributed by atoms with Gasteiger partial charge in [0.15, 0.2) is 0 Å². The number of para-hydroxylation sites is 2. The second kappa shape index (κ2) is 5.09. The van der Waals surface area contributed by atoms with Gasteiger partial charge in [-0.1, -0.05) is 48.5 Å². The fourth-order valence-electron chi connectivity index (χ4n) is 5.23. The first-order valence-electron chi connectivity index (χ1n) is 9.73. The van der Waals surface area contributed by atoms with Crippen molar-refractivity contribution in [2.24, 2.45) is 0 Å². The Morgan fingerprint density at radius 1 is 0.793 bits per heavy atom. The van der Waals surface area contributed by atoms with Crippen LogP contribution in [0.15, 0.2) is 78.9 Å². The Bertz CT molecular complexity index is 1560. The van der Waals surface area contributed by atoms with E-state index in [2.05, 4.69) is 65.2 Å². The summed E-state index contributed by atoms with van der Waals surface area (Å²) in [6.45, 7) is 0.122. The lowest BCUT2D eigenvalue weighted by Crippen LogP contribution is -2.58. The second-order valence-corrected chi connectivity index (χ2v) is 7.65. The fraction of sp³-hybridized carbons (Fsp3) is 0. The molecule has 7 rings (SSSR count). The fourth-order valence-corrected chi connectivity index (χ4v) is 5.23. The van der Waals surface area contributed by atoms with Gasteiger partial charge >= 0.3 is 0 Å². The van der Waals surface area contributed by atoms with Crippen molar-refractivity contribution in [3.63, 3.8) is 0 Å². The monoisotopic (exact) mass is 368 g/mol. The van der Waals surface area contributed by atoms with Crippen LogP contribution in [0.4, 0.5) is 0 Å². The number of fused-ring (bicyclic) bond motifs is 7. The summed E-state index contributed by atoms with van der Waals surface area (Å²) < 4.78 is 8.62. The molecule has 29 heavy (non-hydrogen) atoms. The van der Waals surface area contributed by atoms with Gasteiger partial charge < -0.3 is 9.30 Å². The zero-order valence-electron chi connectivity index (χ0n) is 15.4. The molecule has 4 aromatic carbocycles. The van der Waals surface area contributed by atoms with Crippen LogP contribution in [0.2, 0.25) is 0 Å². The largest absolute Gasteiger partial charge is 0.458 e. The van der Waals surface area contributed by atoms with Crippen LogP contribution in [-0.4, -0.2) is 11.3 Å². The van der Waals surface area contributed by atoms with Crippen LogP contribution in [-0.2, 0) is 0 Å². The molecule has 0 radical (unpaired) electrons. The number of nitrogens with zero attached hydrogens (tertiary/aromatic N) is 2. The predicted molar refractivity (Wildman–Crippen MR) is 117 cm³/mol. The minimum atomic E-state index is 0.122. The average Bonchev–Trinajstić information content (AvgIpc) is 3.12. The van der Waals surface area contributed by atoms with Crippen LogP contribution < -0.4 is 21.1 Å². The highest BCUT2D eigenvalue weighted by atomic mass is 16.5. The summed E-state index contributed by atoms with van der Waals surface area (Å²) in [5.41, 5.74) is 7.76. The highest BCUT2D eigenvalue weighted by Crippen LogP contribution is 2.37. The Labute approximate surface area is 167 Å². The standard InChI is InChI=1S/C25H13BN2O/c27-14-15-6-3-10-19-23(15)16-7-4-9-18-25(16)28(19)20-11-5-13-22-24(20)26(18)17-8-1-2-12-21(17)29-22/h1-13H. The smallest absolute Gasteiger partial charge is 0.256 e. The van der Waals surface area contributed by atoms with Gasteiger partial charge in [0.25, 0.3) is 6.71 Å². The molecule has 0 spiro atoms. The highest BCUT2D eigenvalue weighted by molar-refractivity contribution is 6.99. The summed E-state index contributed by atoms with van der Waals surface area (Å²) in [4.78, 5) is 0. The molecule has 0 fully saturated rings. The molecule has 0 saturated heterocycles. The van der Waals surface area contributed by atoms with Gasteiger partial charge in [0.05, 0.1) is 17.1 Å². The summed E-state index contributed by atoms with van der Waals surface area (Å²) in [6.07, 6.45) is 0. The van der Waals surface area contributed by atoms with Gasteiger partial charge in [-0.05, 0) is 46.7 Å². The first-order valence-corrected chi connectivity index (χ1v) is 9.73. The van der Waals surface area contributed by atoms with Crippen LogP contribution in [0.5, 0.6) is 11.5 Å². The Hall–Kier alpha value is -3.97. The minimum Gasteiger partial charge on any atom is -0.458 e. The Kier molecular flexibility index (Phi) is 2.64. The molecule has 4 heteroatoms. The first kappa shape index (κ1) is 15.0. The number of benzene rings is 4. The van der Waals surface area contributed by atoms with Crippen molar-refractivity contribution in [3.05, 3.63) is 84.4 Å². The summed E-state index contributed by atoms with van der Waals surface area (Å²) >= 11 is 0. The maximum atomic E-state index is 9.76. The maximum Gasteiger partial charge on any atom is 0.256 e. The number of rotatable bonds is 0. The van der Waals surface area contributed by atoms with Gasteiger partial charge in [-0.15, -0.1) is 0 Å². The molecule has 2 aliphatic heterocycles. The van der Waals surface area contributed by atoms with Gasteiger partial charge in [-0.3, -0.25) is 0 Å². The summed E-state index contributed by atoms with van der Waals surface area (Å²) in [7, 11) is 0. The first-order chi connectivity index (χ1) is 14.4. The van der Waals surface area contributed by atoms with E-state index in [4.69, 9.17) is 4.74 Å². The zero-order valence-corrected chi connectivity index (χ0v) is 15.4. The molecule has 2 aliphatic rings. The highest BCUT2D eigenvalue weighted by Gasteiger charge is 2.39. The van der Waals surface area contributed by atoms with Crippen molar-refractivity contribution >= 4 is 44.9 Å². The third-order valence-corrected chi connectivity index (χ3v) is 6.30. The van der Waals surface area contributed by atoms with E-state index >= 15 is 0 Å². The van der Waals surface area contributed by atoms with Crippen molar-refractivity contribution in [1.29, 1.82) is 5.26 Å². The molecule has 5 aromatic rings. The Balaban J connectivity index is 1.76. The van der Waals surface area contributed by atoms with Crippen LogP contribution in [0.1, 0.15) is 5.56 Å². The molecule has 0 bridgehead atoms. The molecule has 0 N–H and O–H groups in total. The topological polar surface area (TPSA) is 38.0 Å². The molecule has 0 unspecified atom stereocenters. The van der Waals surface area contributed by atoms with Crippen molar-refractivity contribution in [2.45, 2.75) is 0 Å². The molecule has 0 saturated carbocycles. The van der Waals surface area contributed by atoms with E-state index in [1.54, 1.807) is 0 Å². The number of ether oxygens (including phenoxy) is 1. The van der Waals surface area contributed by atoms with E-state index in [0.29, 0.717) is 5.56 Å². The van der Waals surface area contributed by atoms with E-state index in [1.165, 1.54) is 21.9 Å². The summed E-state index contributed by atoms with van der Waals surface area (Å²) in [5.74, 6) is 1.83. The van der Waals surface area contributed by atoms with Crippen molar-refractivity contribution in [1.82, 2.24) is 4.57 Å². The molecule has 132 valence electrons. The molecule has 3 heterocycles. The third kappa shape index (κ3) is 1.69. The van der Waals surface area contributed by atoms with Gasteiger partial charge in [-0.25, -0.2) is 0 Å². The van der Waals surface area contributed by atoms with Gasteiger partial charge in [0.1, 0.15) is 11.5 Å². The van der Waals surface area contributed by atoms with Crippen molar-refractivity contribution in [2.75, 3.05) is 0 Å². The quantitative estimate of drug-likeness (QED) is 0.384. The van der Waals surface area contributed by atoms with Crippen LogP contribution in [0, 0.1) is 11.3 Å². The molecule has 0 amide bonds. The molecule has 3 nitrogen and oxygen atoms in total. The third-order valence-electron chi connectivity index (χ3n) is 6.30. The molecular formula is C25H13BN2O. The number of aromatic nitrogens is 1. The minimum absolute atomic E-state index is 0.122. The average molecular weight is 368 g/mol. The number of hydrogen-bond donors (Lipinski definition) is 0. The van der Waals surface area contributed by atoms with Gasteiger partial charge in [0, 0.05) is 22.0 Å². The molecule has 0 aliphatic carbocycles. The lowest BCUT2D eigenvalue weighted by molar-refractivity contribution is 0.487. The Morgan fingerprint density at radius 3 is 2.52 bits per heavy atom. The number of nitriles is 1. The van der Waals surface area contributed by atoms with Gasteiger partial charge in [0.2, 0.25) is 0 Å². The van der Waals surface area contributed by atoms with Crippen LogP contribution in [0.3, 0.4) is 0 Å². The summed E-state index contributed by atoms with van der Waals surface area (Å²) in [5, 5.41) is 11.9. The number of hydrogen-bond acceptors (Lipinski definition) is 2. The summed E-state index contributed by atoms with van der Waals surface area (Å²) in [6, 6.07) is 29.4. The van der Waals surface area contributed by atoms with E-state index in [9.17, 15) is 5.26 Å². The maximum absolute atomic E-state index is 9.76. The second-order valence-electron chi connectivity index (χ2n) is 7.65. The molecule has 1 aromatic heterocycles. The SMILES string of the molecule is N#Cc1cccc2c1c1cccc3c1n2-c1cccc2c1B3c1ccccc1O2. The lowest BCUT2D eigenvalue weighted by atomic mass is 9.34. The van der Waals surface area contributed by atoms with Crippen molar-refractivity contribution in [3.8, 4) is 23.3 Å². The predicted octanol–water partition coefficient (Wildman–Crippen LogP) is 3.59. The van der Waals surface area contributed by atoms with E-state index < -0.39 is 0 Å². The van der Waals surface area contributed by atoms with E-state index in [0.717, 1.165) is 33.5 Å². The van der Waals surface area contributed by atoms with E-state index in [-0.39, 0.29) is 6.71 Å².